The molecule has 3 aliphatic rings. The number of halogens is 1. The zero-order valence-corrected chi connectivity index (χ0v) is 20.1. The van der Waals surface area contributed by atoms with Crippen molar-refractivity contribution in [2.45, 2.75) is 83.2 Å². The number of hydrogen-bond donors (Lipinski definition) is 2. The number of aryl methyl sites for hydroxylation is 1. The van der Waals surface area contributed by atoms with Crippen LogP contribution in [-0.2, 0) is 29.0 Å². The lowest BCUT2D eigenvalue weighted by Crippen LogP contribution is -2.65. The van der Waals surface area contributed by atoms with Crippen molar-refractivity contribution in [3.63, 3.8) is 0 Å². The largest absolute Gasteiger partial charge is 0.378 e. The maximum Gasteiger partial charge on any atom is 0.191 e. The lowest BCUT2D eigenvalue weighted by atomic mass is 9.60. The first-order chi connectivity index (χ1) is 13.7. The molecule has 3 unspecified atom stereocenters. The van der Waals surface area contributed by atoms with Gasteiger partial charge >= 0.3 is 0 Å². The second-order valence-corrected chi connectivity index (χ2v) is 8.33. The molecule has 0 aromatic carbocycles. The van der Waals surface area contributed by atoms with Crippen LogP contribution in [0.3, 0.4) is 0 Å². The van der Waals surface area contributed by atoms with Crippen molar-refractivity contribution >= 4 is 29.9 Å². The smallest absolute Gasteiger partial charge is 0.191 e. The third-order valence-corrected chi connectivity index (χ3v) is 6.74. The highest BCUT2D eigenvalue weighted by atomic mass is 127. The van der Waals surface area contributed by atoms with Crippen LogP contribution in [0.2, 0.25) is 0 Å². The molecule has 2 N–H and O–H groups in total. The Morgan fingerprint density at radius 2 is 2.10 bits per heavy atom. The van der Waals surface area contributed by atoms with Gasteiger partial charge in [-0.1, -0.05) is 12.8 Å². The van der Waals surface area contributed by atoms with Crippen LogP contribution in [0.1, 0.15) is 57.1 Å². The number of nitrogens with zero attached hydrogens (tertiary/aromatic N) is 4. The first-order valence-corrected chi connectivity index (χ1v) is 10.7. The van der Waals surface area contributed by atoms with Gasteiger partial charge in [0, 0.05) is 44.7 Å². The number of hydrogen-bond acceptors (Lipinski definition) is 5. The Labute approximate surface area is 190 Å². The lowest BCUT2D eigenvalue weighted by Gasteiger charge is -2.54. The van der Waals surface area contributed by atoms with Crippen LogP contribution in [0.5, 0.6) is 0 Å². The number of ether oxygens (including phenoxy) is 2. The molecular weight excluding hydrogens is 483 g/mol. The quantitative estimate of drug-likeness (QED) is 0.342. The van der Waals surface area contributed by atoms with Gasteiger partial charge in [0.2, 0.25) is 0 Å². The van der Waals surface area contributed by atoms with E-state index < -0.39 is 0 Å². The summed E-state index contributed by atoms with van der Waals surface area (Å²) in [7, 11) is 3.53. The predicted octanol–water partition coefficient (Wildman–Crippen LogP) is 2.26. The zero-order valence-electron chi connectivity index (χ0n) is 17.8. The highest BCUT2D eigenvalue weighted by Crippen LogP contribution is 2.54. The average Bonchev–Trinajstić information content (AvgIpc) is 3.34. The van der Waals surface area contributed by atoms with Crippen LogP contribution in [0, 0.1) is 5.41 Å². The van der Waals surface area contributed by atoms with E-state index in [1.807, 2.05) is 11.7 Å². The Morgan fingerprint density at radius 1 is 1.31 bits per heavy atom. The normalized spacial score (nSPS) is 27.8. The molecule has 3 atom stereocenters. The molecule has 1 spiro atoms. The van der Waals surface area contributed by atoms with Crippen molar-refractivity contribution in [3.05, 3.63) is 11.6 Å². The molecule has 0 radical (unpaired) electrons. The van der Waals surface area contributed by atoms with Crippen molar-refractivity contribution in [2.24, 2.45) is 10.4 Å². The average molecular weight is 518 g/mol. The number of nitrogens with one attached hydrogen (secondary N) is 2. The monoisotopic (exact) mass is 518 g/mol. The van der Waals surface area contributed by atoms with E-state index in [0.717, 1.165) is 50.0 Å². The number of aliphatic imine (C=N–C) groups is 1. The van der Waals surface area contributed by atoms with Crippen LogP contribution >= 0.6 is 24.0 Å². The Balaban J connectivity index is 0.00000240. The second-order valence-electron chi connectivity index (χ2n) is 8.33. The highest BCUT2D eigenvalue weighted by Gasteiger charge is 2.57. The van der Waals surface area contributed by atoms with Crippen LogP contribution in [0.25, 0.3) is 0 Å². The maximum atomic E-state index is 6.04. The Hall–Kier alpha value is -0.940. The van der Waals surface area contributed by atoms with E-state index in [4.69, 9.17) is 9.47 Å². The number of guanidine groups is 1. The Kier molecular flexibility index (Phi) is 7.77. The second kappa shape index (κ2) is 9.91. The van der Waals surface area contributed by atoms with Crippen molar-refractivity contribution in [1.29, 1.82) is 0 Å². The van der Waals surface area contributed by atoms with E-state index in [1.54, 1.807) is 7.11 Å². The molecule has 0 amide bonds. The molecule has 8 nitrogen and oxygen atoms in total. The summed E-state index contributed by atoms with van der Waals surface area (Å²) >= 11 is 0. The Morgan fingerprint density at radius 3 is 2.79 bits per heavy atom. The van der Waals surface area contributed by atoms with Gasteiger partial charge in [-0.15, -0.1) is 24.0 Å². The fourth-order valence-corrected chi connectivity index (χ4v) is 5.29. The van der Waals surface area contributed by atoms with Crippen molar-refractivity contribution in [1.82, 2.24) is 25.4 Å². The van der Waals surface area contributed by atoms with Gasteiger partial charge in [0.1, 0.15) is 12.4 Å². The Bertz CT molecular complexity index is 703. The van der Waals surface area contributed by atoms with Crippen molar-refractivity contribution < 1.29 is 9.47 Å². The van der Waals surface area contributed by atoms with E-state index in [2.05, 4.69) is 32.6 Å². The fourth-order valence-electron chi connectivity index (χ4n) is 5.29. The van der Waals surface area contributed by atoms with E-state index in [1.165, 1.54) is 25.7 Å². The molecular formula is C20H35IN6O2. The molecule has 4 rings (SSSR count). The number of aromatic nitrogens is 3. The minimum absolute atomic E-state index is 0. The molecule has 29 heavy (non-hydrogen) atoms. The van der Waals surface area contributed by atoms with Gasteiger partial charge in [-0.3, -0.25) is 4.99 Å². The molecule has 1 aromatic rings. The van der Waals surface area contributed by atoms with E-state index in [0.29, 0.717) is 30.2 Å². The molecule has 0 bridgehead atoms. The van der Waals surface area contributed by atoms with Crippen LogP contribution in [0.4, 0.5) is 0 Å². The molecule has 0 saturated heterocycles. The third-order valence-electron chi connectivity index (χ3n) is 6.74. The first kappa shape index (κ1) is 22.7. The molecule has 2 heterocycles. The summed E-state index contributed by atoms with van der Waals surface area (Å²) in [6, 6.07) is 0.759. The van der Waals surface area contributed by atoms with Gasteiger partial charge < -0.3 is 20.1 Å². The minimum Gasteiger partial charge on any atom is -0.378 e. The lowest BCUT2D eigenvalue weighted by molar-refractivity contribution is -0.125. The first-order valence-electron chi connectivity index (χ1n) is 10.7. The van der Waals surface area contributed by atoms with Crippen LogP contribution < -0.4 is 10.6 Å². The predicted molar refractivity (Wildman–Crippen MR) is 123 cm³/mol. The standard InChI is InChI=1S/C20H34N6O2.HI/c1-4-28-16-11-15(20(16)9-5-6-10-20)23-19(21-2)22-14-7-8-18-24-17(13-27-3)25-26(18)12-14;/h14-16H,4-13H2,1-3H3,(H2,21,22,23);1H. The molecule has 1 aliphatic heterocycles. The summed E-state index contributed by atoms with van der Waals surface area (Å²) in [5, 5.41) is 11.9. The van der Waals surface area contributed by atoms with Crippen LogP contribution in [0.15, 0.2) is 4.99 Å². The van der Waals surface area contributed by atoms with Gasteiger partial charge in [0.05, 0.1) is 12.6 Å². The van der Waals surface area contributed by atoms with Gasteiger partial charge in [-0.25, -0.2) is 9.67 Å². The van der Waals surface area contributed by atoms with E-state index >= 15 is 0 Å². The summed E-state index contributed by atoms with van der Waals surface area (Å²) in [6.45, 7) is 4.18. The topological polar surface area (TPSA) is 85.6 Å². The fraction of sp³-hybridized carbons (Fsp3) is 0.850. The maximum absolute atomic E-state index is 6.04. The summed E-state index contributed by atoms with van der Waals surface area (Å²) in [4.78, 5) is 9.07. The molecule has 9 heteroatoms. The van der Waals surface area contributed by atoms with Gasteiger partial charge in [-0.05, 0) is 32.6 Å². The summed E-state index contributed by atoms with van der Waals surface area (Å²) in [6.07, 6.45) is 8.59. The van der Waals surface area contributed by atoms with Gasteiger partial charge in [0.25, 0.3) is 0 Å². The molecule has 2 fully saturated rings. The SMILES string of the molecule is CCOC1CC(NC(=NC)NC2CCc3nc(COC)nn3C2)C12CCCC2.I. The number of methoxy groups -OCH3 is 1. The van der Waals surface area contributed by atoms with E-state index in [9.17, 15) is 0 Å². The van der Waals surface area contributed by atoms with Crippen molar-refractivity contribution in [3.8, 4) is 0 Å². The summed E-state index contributed by atoms with van der Waals surface area (Å²) in [5.41, 5.74) is 0.300. The highest BCUT2D eigenvalue weighted by molar-refractivity contribution is 14.0. The van der Waals surface area contributed by atoms with Crippen LogP contribution in [-0.4, -0.2) is 59.7 Å². The molecule has 164 valence electrons. The molecule has 2 aliphatic carbocycles. The zero-order chi connectivity index (χ0) is 19.6. The van der Waals surface area contributed by atoms with E-state index in [-0.39, 0.29) is 24.0 Å². The number of fused-ring (bicyclic) bond motifs is 1. The molecule has 2 saturated carbocycles. The van der Waals surface area contributed by atoms with Gasteiger partial charge in [-0.2, -0.15) is 5.10 Å². The number of rotatable bonds is 6. The molecule has 1 aromatic heterocycles. The summed E-state index contributed by atoms with van der Waals surface area (Å²) < 4.78 is 13.2. The third kappa shape index (κ3) is 4.56. The van der Waals surface area contributed by atoms with Crippen molar-refractivity contribution in [2.75, 3.05) is 20.8 Å². The van der Waals surface area contributed by atoms with Gasteiger partial charge in [0.15, 0.2) is 11.8 Å². The minimum atomic E-state index is 0. The summed E-state index contributed by atoms with van der Waals surface area (Å²) in [5.74, 6) is 2.72.